The Balaban J connectivity index is 1.58. The predicted molar refractivity (Wildman–Crippen MR) is 159 cm³/mol. The molecule has 4 rings (SSSR count). The molecule has 0 saturated carbocycles. The molecule has 1 amide bonds. The number of anilines is 1. The molecule has 3 aromatic carbocycles. The number of hydrogen-bond donors (Lipinski definition) is 1. The van der Waals surface area contributed by atoms with E-state index in [4.69, 9.17) is 19.2 Å². The van der Waals surface area contributed by atoms with Gasteiger partial charge in [0.15, 0.2) is 11.5 Å². The zero-order valence-corrected chi connectivity index (χ0v) is 23.8. The number of pyridine rings is 1. The van der Waals surface area contributed by atoms with Crippen molar-refractivity contribution in [2.24, 2.45) is 0 Å². The van der Waals surface area contributed by atoms with E-state index in [0.717, 1.165) is 5.56 Å². The van der Waals surface area contributed by atoms with Crippen LogP contribution in [0.1, 0.15) is 29.3 Å². The van der Waals surface area contributed by atoms with Crippen molar-refractivity contribution in [2.45, 2.75) is 18.4 Å². The maximum atomic E-state index is 12.7. The average molecular weight is 568 g/mol. The van der Waals surface area contributed by atoms with Crippen LogP contribution in [0.5, 0.6) is 11.5 Å². The van der Waals surface area contributed by atoms with Crippen molar-refractivity contribution in [1.82, 2.24) is 4.98 Å². The lowest BCUT2D eigenvalue weighted by molar-refractivity contribution is -0.115. The van der Waals surface area contributed by atoms with Gasteiger partial charge in [0, 0.05) is 34.6 Å². The first-order valence-electron chi connectivity index (χ1n) is 12.9. The standard InChI is InChI=1S/C32H29N3O5S/c1-4-40-32(37)22-13-15-23(16-14-22)34-29(36)17-18-41-31-26(20-33)25(19-27(35-31)21-9-6-5-7-10-21)24-11-8-12-28(38-2)30(24)39-3/h5-16,19H,4,17-18H2,1-3H3,(H,34,36). The number of amides is 1. The van der Waals surface area contributed by atoms with Gasteiger partial charge in [-0.1, -0.05) is 42.5 Å². The molecule has 1 heterocycles. The molecule has 4 aromatic rings. The fraction of sp³-hybridized carbons (Fsp3) is 0.188. The Bertz CT molecular complexity index is 1570. The highest BCUT2D eigenvalue weighted by molar-refractivity contribution is 7.99. The zero-order chi connectivity index (χ0) is 29.2. The summed E-state index contributed by atoms with van der Waals surface area (Å²) in [7, 11) is 3.13. The van der Waals surface area contributed by atoms with Crippen LogP contribution in [0, 0.1) is 11.3 Å². The van der Waals surface area contributed by atoms with Crippen molar-refractivity contribution < 1.29 is 23.8 Å². The lowest BCUT2D eigenvalue weighted by Gasteiger charge is -2.16. The lowest BCUT2D eigenvalue weighted by atomic mass is 9.98. The van der Waals surface area contributed by atoms with Gasteiger partial charge in [-0.05, 0) is 43.3 Å². The molecule has 0 radical (unpaired) electrons. The van der Waals surface area contributed by atoms with Crippen molar-refractivity contribution in [3.05, 3.63) is 90.0 Å². The predicted octanol–water partition coefficient (Wildman–Crippen LogP) is 6.60. The quantitative estimate of drug-likeness (QED) is 0.159. The minimum Gasteiger partial charge on any atom is -0.493 e. The number of nitrogens with zero attached hydrogens (tertiary/aromatic N) is 2. The molecule has 0 aliphatic rings. The molecule has 0 spiro atoms. The fourth-order valence-electron chi connectivity index (χ4n) is 4.17. The second kappa shape index (κ2) is 14.0. The third-order valence-electron chi connectivity index (χ3n) is 6.11. The SMILES string of the molecule is CCOC(=O)c1ccc(NC(=O)CCSc2nc(-c3ccccc3)cc(-c3cccc(OC)c3OC)c2C#N)cc1. The van der Waals surface area contributed by atoms with Crippen LogP contribution in [0.2, 0.25) is 0 Å². The van der Waals surface area contributed by atoms with E-state index < -0.39 is 5.97 Å². The summed E-state index contributed by atoms with van der Waals surface area (Å²) in [4.78, 5) is 29.3. The number of methoxy groups -OCH3 is 2. The Morgan fingerprint density at radius 2 is 1.71 bits per heavy atom. The van der Waals surface area contributed by atoms with E-state index in [1.807, 2.05) is 48.5 Å². The van der Waals surface area contributed by atoms with Gasteiger partial charge < -0.3 is 19.5 Å². The molecule has 0 aliphatic heterocycles. The van der Waals surface area contributed by atoms with Crippen molar-refractivity contribution in [3.8, 4) is 40.0 Å². The van der Waals surface area contributed by atoms with E-state index >= 15 is 0 Å². The summed E-state index contributed by atoms with van der Waals surface area (Å²) in [5, 5.41) is 13.6. The second-order valence-electron chi connectivity index (χ2n) is 8.70. The topological polar surface area (TPSA) is 111 Å². The molecule has 1 aromatic heterocycles. The van der Waals surface area contributed by atoms with Gasteiger partial charge in [0.2, 0.25) is 5.91 Å². The van der Waals surface area contributed by atoms with Gasteiger partial charge in [-0.2, -0.15) is 5.26 Å². The van der Waals surface area contributed by atoms with Crippen LogP contribution < -0.4 is 14.8 Å². The Morgan fingerprint density at radius 3 is 2.37 bits per heavy atom. The smallest absolute Gasteiger partial charge is 0.338 e. The molecule has 0 unspecified atom stereocenters. The van der Waals surface area contributed by atoms with Crippen LogP contribution in [0.25, 0.3) is 22.4 Å². The van der Waals surface area contributed by atoms with Crippen molar-refractivity contribution in [1.29, 1.82) is 5.26 Å². The summed E-state index contributed by atoms with van der Waals surface area (Å²) < 4.78 is 16.1. The van der Waals surface area contributed by atoms with Crippen LogP contribution in [0.4, 0.5) is 5.69 Å². The van der Waals surface area contributed by atoms with Gasteiger partial charge in [-0.25, -0.2) is 9.78 Å². The Labute approximate surface area is 243 Å². The number of carbonyl (C=O) groups excluding carboxylic acids is 2. The Kier molecular flexibility index (Phi) is 9.97. The maximum absolute atomic E-state index is 12.7. The number of thioether (sulfide) groups is 1. The van der Waals surface area contributed by atoms with Crippen LogP contribution in [-0.2, 0) is 9.53 Å². The molecule has 1 N–H and O–H groups in total. The average Bonchev–Trinajstić information content (AvgIpc) is 3.01. The molecule has 0 aliphatic carbocycles. The Morgan fingerprint density at radius 1 is 0.951 bits per heavy atom. The summed E-state index contributed by atoms with van der Waals surface area (Å²) in [6, 6.07) is 25.9. The van der Waals surface area contributed by atoms with Gasteiger partial charge in [0.1, 0.15) is 11.1 Å². The number of rotatable bonds is 11. The van der Waals surface area contributed by atoms with E-state index in [9.17, 15) is 14.9 Å². The third kappa shape index (κ3) is 7.04. The summed E-state index contributed by atoms with van der Waals surface area (Å²) in [5.41, 5.74) is 4.32. The monoisotopic (exact) mass is 567 g/mol. The highest BCUT2D eigenvalue weighted by Crippen LogP contribution is 2.42. The van der Waals surface area contributed by atoms with Gasteiger partial charge >= 0.3 is 5.97 Å². The van der Waals surface area contributed by atoms with E-state index in [-0.39, 0.29) is 12.3 Å². The zero-order valence-electron chi connectivity index (χ0n) is 23.0. The molecule has 0 atom stereocenters. The summed E-state index contributed by atoms with van der Waals surface area (Å²) in [5.74, 6) is 0.843. The molecule has 208 valence electrons. The van der Waals surface area contributed by atoms with Gasteiger partial charge in [0.05, 0.1) is 37.6 Å². The first-order chi connectivity index (χ1) is 20.0. The molecule has 0 saturated heterocycles. The molecule has 9 heteroatoms. The van der Waals surface area contributed by atoms with Crippen LogP contribution in [0.15, 0.2) is 83.9 Å². The number of hydrogen-bond acceptors (Lipinski definition) is 8. The number of aromatic nitrogens is 1. The number of esters is 1. The molecular formula is C32H29N3O5S. The highest BCUT2D eigenvalue weighted by Gasteiger charge is 2.20. The normalized spacial score (nSPS) is 10.4. The van der Waals surface area contributed by atoms with Crippen molar-refractivity contribution >= 4 is 29.3 Å². The lowest BCUT2D eigenvalue weighted by Crippen LogP contribution is -2.12. The number of ether oxygens (including phenoxy) is 3. The summed E-state index contributed by atoms with van der Waals surface area (Å²) in [6.07, 6.45) is 0.185. The highest BCUT2D eigenvalue weighted by atomic mass is 32.2. The van der Waals surface area contributed by atoms with Crippen molar-refractivity contribution in [3.63, 3.8) is 0 Å². The van der Waals surface area contributed by atoms with Gasteiger partial charge in [-0.15, -0.1) is 11.8 Å². The number of para-hydroxylation sites is 1. The largest absolute Gasteiger partial charge is 0.493 e. The van der Waals surface area contributed by atoms with E-state index in [2.05, 4.69) is 11.4 Å². The van der Waals surface area contributed by atoms with E-state index in [1.54, 1.807) is 51.5 Å². The number of benzene rings is 3. The maximum Gasteiger partial charge on any atom is 0.338 e. The first kappa shape index (κ1) is 29.2. The number of carbonyl (C=O) groups is 2. The van der Waals surface area contributed by atoms with Crippen LogP contribution in [-0.4, -0.2) is 43.4 Å². The Hall–Kier alpha value is -4.81. The molecule has 0 fully saturated rings. The van der Waals surface area contributed by atoms with Crippen LogP contribution >= 0.6 is 11.8 Å². The van der Waals surface area contributed by atoms with Gasteiger partial charge in [-0.3, -0.25) is 4.79 Å². The summed E-state index contributed by atoms with van der Waals surface area (Å²) >= 11 is 1.34. The molecule has 0 bridgehead atoms. The third-order valence-corrected chi connectivity index (χ3v) is 7.09. The summed E-state index contributed by atoms with van der Waals surface area (Å²) in [6.45, 7) is 2.04. The fourth-order valence-corrected chi connectivity index (χ4v) is 5.11. The van der Waals surface area contributed by atoms with Crippen molar-refractivity contribution in [2.75, 3.05) is 31.9 Å². The minimum absolute atomic E-state index is 0.185. The minimum atomic E-state index is -0.411. The number of nitriles is 1. The second-order valence-corrected chi connectivity index (χ2v) is 9.78. The number of nitrogens with one attached hydrogen (secondary N) is 1. The van der Waals surface area contributed by atoms with Crippen LogP contribution in [0.3, 0.4) is 0 Å². The molecular weight excluding hydrogens is 538 g/mol. The first-order valence-corrected chi connectivity index (χ1v) is 13.9. The molecule has 8 nitrogen and oxygen atoms in total. The molecule has 41 heavy (non-hydrogen) atoms. The van der Waals surface area contributed by atoms with E-state index in [0.29, 0.717) is 62.5 Å². The van der Waals surface area contributed by atoms with E-state index in [1.165, 1.54) is 11.8 Å². The van der Waals surface area contributed by atoms with Gasteiger partial charge in [0.25, 0.3) is 0 Å².